The molecule has 0 radical (unpaired) electrons. The lowest BCUT2D eigenvalue weighted by Gasteiger charge is -2.08. The van der Waals surface area contributed by atoms with Crippen LogP contribution in [0.15, 0.2) is 58.7 Å². The smallest absolute Gasteiger partial charge is 0.260 e. The van der Waals surface area contributed by atoms with Crippen LogP contribution in [-0.4, -0.2) is 19.5 Å². The first-order valence-corrected chi connectivity index (χ1v) is 10.6. The molecule has 29 heavy (non-hydrogen) atoms. The van der Waals surface area contributed by atoms with Crippen LogP contribution in [0.1, 0.15) is 18.6 Å². The minimum absolute atomic E-state index is 0.149. The molecule has 5 aromatic rings. The molecule has 1 N–H and O–H groups in total. The summed E-state index contributed by atoms with van der Waals surface area (Å²) in [5.74, 6) is 1.59. The minimum Gasteiger partial charge on any atom is -0.320 e. The minimum atomic E-state index is -0.149. The van der Waals surface area contributed by atoms with Gasteiger partial charge < -0.3 is 9.55 Å². The van der Waals surface area contributed by atoms with Gasteiger partial charge in [0.25, 0.3) is 5.56 Å². The third kappa shape index (κ3) is 3.05. The maximum absolute atomic E-state index is 13.0. The number of para-hydroxylation sites is 2. The second-order valence-corrected chi connectivity index (χ2v) is 8.04. The van der Waals surface area contributed by atoms with Crippen molar-refractivity contribution in [3.05, 3.63) is 80.9 Å². The molecule has 0 fully saturated rings. The van der Waals surface area contributed by atoms with E-state index in [9.17, 15) is 4.79 Å². The van der Waals surface area contributed by atoms with Gasteiger partial charge in [-0.1, -0.05) is 48.9 Å². The van der Waals surface area contributed by atoms with Crippen molar-refractivity contribution in [3.8, 4) is 11.1 Å². The molecule has 0 bridgehead atoms. The molecule has 3 heterocycles. The Hall–Kier alpha value is -2.96. The van der Waals surface area contributed by atoms with Gasteiger partial charge in [0.2, 0.25) is 0 Å². The summed E-state index contributed by atoms with van der Waals surface area (Å²) in [5, 5.41) is 3.15. The zero-order valence-corrected chi connectivity index (χ0v) is 17.2. The second-order valence-electron chi connectivity index (χ2n) is 6.78. The van der Waals surface area contributed by atoms with Gasteiger partial charge in [-0.2, -0.15) is 0 Å². The van der Waals surface area contributed by atoms with E-state index >= 15 is 0 Å². The summed E-state index contributed by atoms with van der Waals surface area (Å²) < 4.78 is 2.11. The van der Waals surface area contributed by atoms with Crippen LogP contribution < -0.4 is 5.56 Å². The highest BCUT2D eigenvalue weighted by Gasteiger charge is 2.16. The quantitative estimate of drug-likeness (QED) is 0.431. The fourth-order valence-corrected chi connectivity index (χ4v) is 4.86. The van der Waals surface area contributed by atoms with Crippen molar-refractivity contribution in [2.45, 2.75) is 19.9 Å². The molecule has 2 aromatic carbocycles. The lowest BCUT2D eigenvalue weighted by atomic mass is 10.1. The van der Waals surface area contributed by atoms with Gasteiger partial charge in [-0.25, -0.2) is 9.97 Å². The molecule has 5 nitrogen and oxygen atoms in total. The molecule has 0 atom stereocenters. The number of rotatable bonds is 4. The topological polar surface area (TPSA) is 63.6 Å². The highest BCUT2D eigenvalue weighted by molar-refractivity contribution is 7.17. The molecule has 3 aromatic heterocycles. The SMILES string of the molecule is CCc1nc2ccccc2n1Cc1nc2scc(-c3ccccc3Cl)c2c(=O)[nH]1. The summed E-state index contributed by atoms with van der Waals surface area (Å²) in [6, 6.07) is 15.5. The third-order valence-electron chi connectivity index (χ3n) is 5.01. The van der Waals surface area contributed by atoms with Gasteiger partial charge in [-0.05, 0) is 18.2 Å². The molecular formula is C22H17ClN4OS. The third-order valence-corrected chi connectivity index (χ3v) is 6.22. The Morgan fingerprint density at radius 3 is 2.69 bits per heavy atom. The summed E-state index contributed by atoms with van der Waals surface area (Å²) in [5.41, 5.74) is 3.50. The Labute approximate surface area is 175 Å². The first-order valence-electron chi connectivity index (χ1n) is 9.35. The zero-order chi connectivity index (χ0) is 20.0. The lowest BCUT2D eigenvalue weighted by molar-refractivity contribution is 0.716. The van der Waals surface area contributed by atoms with Crippen LogP contribution in [0.4, 0.5) is 0 Å². The first kappa shape index (κ1) is 18.1. The number of hydrogen-bond acceptors (Lipinski definition) is 4. The maximum Gasteiger partial charge on any atom is 0.260 e. The van der Waals surface area contributed by atoms with E-state index in [2.05, 4.69) is 16.5 Å². The molecule has 0 saturated carbocycles. The van der Waals surface area contributed by atoms with Crippen LogP contribution in [0.3, 0.4) is 0 Å². The number of hydrogen-bond donors (Lipinski definition) is 1. The van der Waals surface area contributed by atoms with Gasteiger partial charge in [0.05, 0.1) is 23.0 Å². The Kier molecular flexibility index (Phi) is 4.45. The largest absolute Gasteiger partial charge is 0.320 e. The van der Waals surface area contributed by atoms with Gasteiger partial charge in [-0.15, -0.1) is 11.3 Å². The molecule has 0 amide bonds. The van der Waals surface area contributed by atoms with E-state index in [-0.39, 0.29) is 5.56 Å². The summed E-state index contributed by atoms with van der Waals surface area (Å²) in [6.07, 6.45) is 0.802. The van der Waals surface area contributed by atoms with E-state index in [1.165, 1.54) is 11.3 Å². The Morgan fingerprint density at radius 1 is 1.07 bits per heavy atom. The number of aromatic nitrogens is 4. The molecule has 0 aliphatic heterocycles. The summed E-state index contributed by atoms with van der Waals surface area (Å²) >= 11 is 7.80. The van der Waals surface area contributed by atoms with Gasteiger partial charge in [-0.3, -0.25) is 4.79 Å². The first-order chi connectivity index (χ1) is 14.2. The zero-order valence-electron chi connectivity index (χ0n) is 15.6. The number of H-pyrrole nitrogens is 1. The fraction of sp³-hybridized carbons (Fsp3) is 0.136. The number of aryl methyl sites for hydroxylation is 1. The molecule has 144 valence electrons. The van der Waals surface area contributed by atoms with Crippen molar-refractivity contribution in [3.63, 3.8) is 0 Å². The van der Waals surface area contributed by atoms with Crippen molar-refractivity contribution in [2.75, 3.05) is 0 Å². The highest BCUT2D eigenvalue weighted by atomic mass is 35.5. The van der Waals surface area contributed by atoms with Crippen molar-refractivity contribution >= 4 is 44.2 Å². The monoisotopic (exact) mass is 420 g/mol. The van der Waals surface area contributed by atoms with E-state index in [1.807, 2.05) is 53.9 Å². The molecule has 0 spiro atoms. The van der Waals surface area contributed by atoms with Crippen LogP contribution >= 0.6 is 22.9 Å². The van der Waals surface area contributed by atoms with E-state index in [0.717, 1.165) is 34.4 Å². The van der Waals surface area contributed by atoms with Crippen LogP contribution in [0.5, 0.6) is 0 Å². The average molecular weight is 421 g/mol. The molecule has 0 aliphatic rings. The molecule has 5 rings (SSSR count). The van der Waals surface area contributed by atoms with Crippen molar-refractivity contribution in [1.82, 2.24) is 19.5 Å². The predicted molar refractivity (Wildman–Crippen MR) is 119 cm³/mol. The highest BCUT2D eigenvalue weighted by Crippen LogP contribution is 2.34. The summed E-state index contributed by atoms with van der Waals surface area (Å²) in [6.45, 7) is 2.54. The van der Waals surface area contributed by atoms with Gasteiger partial charge >= 0.3 is 0 Å². The second kappa shape index (κ2) is 7.13. The number of aromatic amines is 1. The van der Waals surface area contributed by atoms with Crippen LogP contribution in [-0.2, 0) is 13.0 Å². The van der Waals surface area contributed by atoms with Gasteiger partial charge in [0, 0.05) is 28.0 Å². The van der Waals surface area contributed by atoms with Crippen molar-refractivity contribution < 1.29 is 0 Å². The Bertz CT molecular complexity index is 1420. The summed E-state index contributed by atoms with van der Waals surface area (Å²) in [7, 11) is 0. The number of imidazole rings is 1. The Morgan fingerprint density at radius 2 is 1.86 bits per heavy atom. The maximum atomic E-state index is 13.0. The fourth-order valence-electron chi connectivity index (χ4n) is 3.67. The molecule has 0 saturated heterocycles. The van der Waals surface area contributed by atoms with Crippen molar-refractivity contribution in [1.29, 1.82) is 0 Å². The van der Waals surface area contributed by atoms with Gasteiger partial charge in [0.15, 0.2) is 0 Å². The van der Waals surface area contributed by atoms with Crippen LogP contribution in [0.25, 0.3) is 32.4 Å². The number of halogens is 1. The normalized spacial score (nSPS) is 11.5. The number of fused-ring (bicyclic) bond motifs is 2. The standard InChI is InChI=1S/C22H17ClN4OS/c1-2-19-24-16-9-5-6-10-17(16)27(19)11-18-25-21(28)20-14(12-29-22(20)26-18)13-7-3-4-8-15(13)23/h3-10,12H,2,11H2,1H3,(H,25,26,28). The molecule has 7 heteroatoms. The molecule has 0 aliphatic carbocycles. The molecule has 0 unspecified atom stereocenters. The average Bonchev–Trinajstić information content (AvgIpc) is 3.30. The lowest BCUT2D eigenvalue weighted by Crippen LogP contribution is -2.15. The summed E-state index contributed by atoms with van der Waals surface area (Å²) in [4.78, 5) is 26.1. The number of nitrogens with zero attached hydrogens (tertiary/aromatic N) is 3. The van der Waals surface area contributed by atoms with Crippen molar-refractivity contribution in [2.24, 2.45) is 0 Å². The number of thiophene rings is 1. The van der Waals surface area contributed by atoms with Gasteiger partial charge in [0.1, 0.15) is 16.5 Å². The van der Waals surface area contributed by atoms with E-state index in [0.29, 0.717) is 27.6 Å². The Balaban J connectivity index is 1.62. The van der Waals surface area contributed by atoms with E-state index in [4.69, 9.17) is 21.6 Å². The number of benzene rings is 2. The predicted octanol–water partition coefficient (Wildman–Crippen LogP) is 5.27. The number of nitrogens with one attached hydrogen (secondary N) is 1. The molecular weight excluding hydrogens is 404 g/mol. The van der Waals surface area contributed by atoms with Crippen LogP contribution in [0.2, 0.25) is 5.02 Å². The van der Waals surface area contributed by atoms with E-state index in [1.54, 1.807) is 0 Å². The van der Waals surface area contributed by atoms with Crippen LogP contribution in [0, 0.1) is 0 Å². The van der Waals surface area contributed by atoms with E-state index < -0.39 is 0 Å².